The molecule has 1 aliphatic carbocycles. The van der Waals surface area contributed by atoms with E-state index in [0.29, 0.717) is 26.3 Å². The summed E-state index contributed by atoms with van der Waals surface area (Å²) in [5.41, 5.74) is 3.45. The SMILES string of the molecule is CC(C)(C)OC(=O)N1CCN(c2cccc3c2CC2(C3)OCCO2)CC1. The summed E-state index contributed by atoms with van der Waals surface area (Å²) in [7, 11) is 0. The fourth-order valence-electron chi connectivity index (χ4n) is 4.07. The van der Waals surface area contributed by atoms with Crippen LogP contribution in [0.4, 0.5) is 10.5 Å². The molecule has 4 rings (SSSR count). The molecule has 1 aromatic carbocycles. The number of rotatable bonds is 1. The van der Waals surface area contributed by atoms with E-state index in [-0.39, 0.29) is 6.09 Å². The number of nitrogens with zero attached hydrogens (tertiary/aromatic N) is 2. The van der Waals surface area contributed by atoms with Crippen LogP contribution in [0.3, 0.4) is 0 Å². The van der Waals surface area contributed by atoms with Gasteiger partial charge in [0, 0.05) is 44.7 Å². The maximum Gasteiger partial charge on any atom is 0.410 e. The zero-order valence-electron chi connectivity index (χ0n) is 15.9. The molecule has 3 aliphatic rings. The number of hydrogen-bond acceptors (Lipinski definition) is 5. The summed E-state index contributed by atoms with van der Waals surface area (Å²) in [6, 6.07) is 6.47. The summed E-state index contributed by atoms with van der Waals surface area (Å²) in [5, 5.41) is 0. The van der Waals surface area contributed by atoms with Crippen LogP contribution in [0.25, 0.3) is 0 Å². The molecule has 0 radical (unpaired) electrons. The molecule has 2 fully saturated rings. The Kier molecular flexibility index (Phi) is 4.35. The molecule has 6 nitrogen and oxygen atoms in total. The highest BCUT2D eigenvalue weighted by Gasteiger charge is 2.44. The molecule has 2 saturated heterocycles. The Labute approximate surface area is 155 Å². The molecule has 0 N–H and O–H groups in total. The summed E-state index contributed by atoms with van der Waals surface area (Å²) in [5.74, 6) is -0.448. The van der Waals surface area contributed by atoms with Crippen molar-refractivity contribution >= 4 is 11.8 Å². The number of piperazine rings is 1. The molecule has 2 aliphatic heterocycles. The molecule has 1 amide bonds. The van der Waals surface area contributed by atoms with Crippen molar-refractivity contribution < 1.29 is 19.0 Å². The summed E-state index contributed by atoms with van der Waals surface area (Å²) < 4.78 is 17.3. The second-order valence-electron chi connectivity index (χ2n) is 8.33. The van der Waals surface area contributed by atoms with Crippen LogP contribution in [-0.2, 0) is 27.1 Å². The first kappa shape index (κ1) is 17.6. The molecule has 0 atom stereocenters. The summed E-state index contributed by atoms with van der Waals surface area (Å²) in [6.07, 6.45) is 1.42. The monoisotopic (exact) mass is 360 g/mol. The van der Waals surface area contributed by atoms with Crippen molar-refractivity contribution in [2.24, 2.45) is 0 Å². The van der Waals surface area contributed by atoms with E-state index in [1.165, 1.54) is 16.8 Å². The van der Waals surface area contributed by atoms with Crippen LogP contribution in [-0.4, -0.2) is 61.8 Å². The average molecular weight is 360 g/mol. The van der Waals surface area contributed by atoms with E-state index in [0.717, 1.165) is 25.9 Å². The lowest BCUT2D eigenvalue weighted by molar-refractivity contribution is -0.147. The third-order valence-corrected chi connectivity index (χ3v) is 5.24. The van der Waals surface area contributed by atoms with Gasteiger partial charge in [0.15, 0.2) is 5.79 Å². The first-order valence-electron chi connectivity index (χ1n) is 9.47. The van der Waals surface area contributed by atoms with Crippen molar-refractivity contribution in [3.63, 3.8) is 0 Å². The van der Waals surface area contributed by atoms with Gasteiger partial charge in [0.05, 0.1) is 13.2 Å². The normalized spacial score (nSPS) is 22.0. The molecular weight excluding hydrogens is 332 g/mol. The van der Waals surface area contributed by atoms with E-state index in [4.69, 9.17) is 14.2 Å². The van der Waals surface area contributed by atoms with Gasteiger partial charge in [0.25, 0.3) is 0 Å². The molecule has 0 bridgehead atoms. The van der Waals surface area contributed by atoms with Crippen molar-refractivity contribution in [1.29, 1.82) is 0 Å². The minimum absolute atomic E-state index is 0.220. The second-order valence-corrected chi connectivity index (χ2v) is 8.33. The van der Waals surface area contributed by atoms with Gasteiger partial charge in [-0.15, -0.1) is 0 Å². The van der Waals surface area contributed by atoms with Crippen LogP contribution in [0, 0.1) is 0 Å². The molecule has 1 spiro atoms. The van der Waals surface area contributed by atoms with Gasteiger partial charge in [0.2, 0.25) is 0 Å². The number of hydrogen-bond donors (Lipinski definition) is 0. The van der Waals surface area contributed by atoms with Crippen LogP contribution in [0.5, 0.6) is 0 Å². The number of ether oxygens (including phenoxy) is 3. The molecule has 0 saturated carbocycles. The topological polar surface area (TPSA) is 51.2 Å². The third kappa shape index (κ3) is 3.40. The fraction of sp³-hybridized carbons (Fsp3) is 0.650. The lowest BCUT2D eigenvalue weighted by Crippen LogP contribution is -2.50. The minimum Gasteiger partial charge on any atom is -0.444 e. The molecule has 6 heteroatoms. The number of carbonyl (C=O) groups excluding carboxylic acids is 1. The molecule has 2 heterocycles. The van der Waals surface area contributed by atoms with Gasteiger partial charge in [-0.25, -0.2) is 4.79 Å². The predicted octanol–water partition coefficient (Wildman–Crippen LogP) is 2.59. The van der Waals surface area contributed by atoms with E-state index in [1.807, 2.05) is 20.8 Å². The smallest absolute Gasteiger partial charge is 0.410 e. The number of benzene rings is 1. The zero-order valence-corrected chi connectivity index (χ0v) is 15.9. The van der Waals surface area contributed by atoms with Crippen molar-refractivity contribution in [3.8, 4) is 0 Å². The molecule has 0 unspecified atom stereocenters. The van der Waals surface area contributed by atoms with E-state index >= 15 is 0 Å². The van der Waals surface area contributed by atoms with Gasteiger partial charge >= 0.3 is 6.09 Å². The lowest BCUT2D eigenvalue weighted by Gasteiger charge is -2.37. The predicted molar refractivity (Wildman–Crippen MR) is 98.5 cm³/mol. The Bertz CT molecular complexity index is 684. The first-order valence-corrected chi connectivity index (χ1v) is 9.47. The van der Waals surface area contributed by atoms with Crippen LogP contribution < -0.4 is 4.90 Å². The van der Waals surface area contributed by atoms with Crippen LogP contribution in [0.15, 0.2) is 18.2 Å². The number of anilines is 1. The zero-order chi connectivity index (χ0) is 18.4. The number of amides is 1. The summed E-state index contributed by atoms with van der Waals surface area (Å²) in [4.78, 5) is 16.4. The maximum atomic E-state index is 12.3. The van der Waals surface area contributed by atoms with E-state index in [9.17, 15) is 4.79 Å². The summed E-state index contributed by atoms with van der Waals surface area (Å²) >= 11 is 0. The molecule has 0 aromatic heterocycles. The quantitative estimate of drug-likeness (QED) is 0.770. The number of carbonyl (C=O) groups is 1. The van der Waals surface area contributed by atoms with E-state index in [2.05, 4.69) is 23.1 Å². The van der Waals surface area contributed by atoms with Gasteiger partial charge in [-0.05, 0) is 38.0 Å². The van der Waals surface area contributed by atoms with Crippen molar-refractivity contribution in [1.82, 2.24) is 4.90 Å². The largest absolute Gasteiger partial charge is 0.444 e. The maximum absolute atomic E-state index is 12.3. The molecule has 26 heavy (non-hydrogen) atoms. The van der Waals surface area contributed by atoms with Crippen molar-refractivity contribution in [2.45, 2.75) is 45.0 Å². The van der Waals surface area contributed by atoms with Gasteiger partial charge in [0.1, 0.15) is 5.60 Å². The Morgan fingerprint density at radius 1 is 1.08 bits per heavy atom. The third-order valence-electron chi connectivity index (χ3n) is 5.24. The highest BCUT2D eigenvalue weighted by molar-refractivity contribution is 5.69. The summed E-state index contributed by atoms with van der Waals surface area (Å²) in [6.45, 7) is 10.0. The highest BCUT2D eigenvalue weighted by atomic mass is 16.7. The van der Waals surface area contributed by atoms with Crippen molar-refractivity contribution in [3.05, 3.63) is 29.3 Å². The average Bonchev–Trinajstić information content (AvgIpc) is 3.19. The Morgan fingerprint density at radius 3 is 2.42 bits per heavy atom. The van der Waals surface area contributed by atoms with Gasteiger partial charge in [-0.3, -0.25) is 0 Å². The van der Waals surface area contributed by atoms with E-state index < -0.39 is 11.4 Å². The van der Waals surface area contributed by atoms with Crippen LogP contribution in [0.2, 0.25) is 0 Å². The van der Waals surface area contributed by atoms with E-state index in [1.54, 1.807) is 4.90 Å². The van der Waals surface area contributed by atoms with Gasteiger partial charge < -0.3 is 24.0 Å². The first-order chi connectivity index (χ1) is 12.4. The number of fused-ring (bicyclic) bond motifs is 1. The molecule has 142 valence electrons. The van der Waals surface area contributed by atoms with Crippen LogP contribution >= 0.6 is 0 Å². The standard InChI is InChI=1S/C20H28N2O4/c1-19(2,3)26-18(23)22-9-7-21(8-10-22)17-6-4-5-15-13-20(14-16(15)17)24-11-12-25-20/h4-6H,7-14H2,1-3H3. The molecular formula is C20H28N2O4. The van der Waals surface area contributed by atoms with Gasteiger partial charge in [-0.2, -0.15) is 0 Å². The van der Waals surface area contributed by atoms with Gasteiger partial charge in [-0.1, -0.05) is 12.1 Å². The van der Waals surface area contributed by atoms with Crippen molar-refractivity contribution in [2.75, 3.05) is 44.3 Å². The molecule has 1 aromatic rings. The Hall–Kier alpha value is -1.79. The second kappa shape index (κ2) is 6.43. The van der Waals surface area contributed by atoms with Crippen LogP contribution in [0.1, 0.15) is 31.9 Å². The fourth-order valence-corrected chi connectivity index (χ4v) is 4.07. The highest BCUT2D eigenvalue weighted by Crippen LogP contribution is 2.41. The lowest BCUT2D eigenvalue weighted by atomic mass is 10.1. The minimum atomic E-state index is -0.454. The Morgan fingerprint density at radius 2 is 1.77 bits per heavy atom. The Balaban J connectivity index is 1.44.